The summed E-state index contributed by atoms with van der Waals surface area (Å²) in [4.78, 5) is 0. The Labute approximate surface area is 128 Å². The van der Waals surface area contributed by atoms with Gasteiger partial charge in [-0.15, -0.1) is 0 Å². The van der Waals surface area contributed by atoms with Crippen LogP contribution in [0.4, 0.5) is 22.7 Å². The fourth-order valence-corrected chi connectivity index (χ4v) is 8.14. The van der Waals surface area contributed by atoms with Gasteiger partial charge in [0.2, 0.25) is 0 Å². The molecule has 0 spiro atoms. The summed E-state index contributed by atoms with van der Waals surface area (Å²) in [5.41, 5.74) is 4.26. The molecule has 0 bridgehead atoms. The Hall–Kier alpha value is -1.15. The van der Waals surface area contributed by atoms with E-state index in [0.717, 1.165) is 22.7 Å². The Morgan fingerprint density at radius 3 is 1.45 bits per heavy atom. The van der Waals surface area contributed by atoms with Crippen molar-refractivity contribution in [2.45, 2.75) is 0 Å². The molecule has 2 aliphatic rings. The number of halogens is 2. The quantitative estimate of drug-likeness (QED) is 0.606. The maximum atomic E-state index is 7.13. The molecule has 2 aromatic carbocycles. The summed E-state index contributed by atoms with van der Waals surface area (Å²) in [6.45, 7) is 0. The third-order valence-corrected chi connectivity index (χ3v) is 11.4. The Bertz CT molecular complexity index is 676. The van der Waals surface area contributed by atoms with Crippen LogP contribution in [0.5, 0.6) is 0 Å². The van der Waals surface area contributed by atoms with E-state index in [1.807, 2.05) is 47.7 Å². The Morgan fingerprint density at radius 2 is 1.05 bits per heavy atom. The predicted molar refractivity (Wildman–Crippen MR) is 90.5 cm³/mol. The first kappa shape index (κ1) is 12.6. The maximum absolute atomic E-state index is 7.13. The summed E-state index contributed by atoms with van der Waals surface area (Å²) in [7, 11) is 3.94. The summed E-state index contributed by atoms with van der Waals surface area (Å²) < 4.78 is 6.17. The molecule has 0 atom stereocenters. The Balaban J connectivity index is 2.11. The molecular formula is C14H14Cl2N3P. The van der Waals surface area contributed by atoms with Crippen LogP contribution in [-0.2, 0) is 0 Å². The van der Waals surface area contributed by atoms with Crippen molar-refractivity contribution in [2.24, 2.45) is 0 Å². The summed E-state index contributed by atoms with van der Waals surface area (Å²) in [6.07, 6.45) is 0. The van der Waals surface area contributed by atoms with Crippen LogP contribution >= 0.6 is 28.2 Å². The van der Waals surface area contributed by atoms with Gasteiger partial charge in [-0.2, -0.15) is 0 Å². The molecule has 2 aliphatic heterocycles. The van der Waals surface area contributed by atoms with Crippen molar-refractivity contribution in [3.8, 4) is 0 Å². The van der Waals surface area contributed by atoms with Gasteiger partial charge in [-0.05, 0) is 0 Å². The summed E-state index contributed by atoms with van der Waals surface area (Å²) in [5.74, 6) is -3.42. The standard InChI is InChI=1S/C14H14Cl2N3P/c1-17-11-7-3-5-9-13(11)19-14-10-6-4-8-12(14)18(2)20(17,19,15)16/h3-10H,1-2H3. The van der Waals surface area contributed by atoms with Crippen LogP contribution < -0.4 is 14.0 Å². The van der Waals surface area contributed by atoms with E-state index in [9.17, 15) is 0 Å². The van der Waals surface area contributed by atoms with E-state index < -0.39 is 5.76 Å². The van der Waals surface area contributed by atoms with E-state index in [4.69, 9.17) is 22.5 Å². The van der Waals surface area contributed by atoms with Gasteiger partial charge in [-0.25, -0.2) is 0 Å². The first-order valence-corrected chi connectivity index (χ1v) is 10.3. The van der Waals surface area contributed by atoms with E-state index >= 15 is 0 Å². The molecule has 104 valence electrons. The number of rotatable bonds is 0. The topological polar surface area (TPSA) is 9.72 Å². The molecule has 4 rings (SSSR count). The molecule has 0 saturated carbocycles. The molecule has 0 fully saturated rings. The normalized spacial score (nSPS) is 22.8. The predicted octanol–water partition coefficient (Wildman–Crippen LogP) is 5.33. The van der Waals surface area contributed by atoms with Crippen molar-refractivity contribution in [2.75, 3.05) is 28.1 Å². The number of para-hydroxylation sites is 4. The minimum atomic E-state index is -3.42. The van der Waals surface area contributed by atoms with Crippen LogP contribution in [-0.4, -0.2) is 14.1 Å². The van der Waals surface area contributed by atoms with Crippen molar-refractivity contribution >= 4 is 51.0 Å². The van der Waals surface area contributed by atoms with Crippen LogP contribution in [0.1, 0.15) is 0 Å². The molecule has 2 heterocycles. The molecule has 0 aliphatic carbocycles. The number of hydrogen-bond donors (Lipinski definition) is 0. The van der Waals surface area contributed by atoms with Crippen molar-refractivity contribution in [1.82, 2.24) is 0 Å². The zero-order valence-electron chi connectivity index (χ0n) is 11.2. The van der Waals surface area contributed by atoms with E-state index in [2.05, 4.69) is 28.9 Å². The fourth-order valence-electron chi connectivity index (χ4n) is 3.14. The van der Waals surface area contributed by atoms with Gasteiger partial charge >= 0.3 is 128 Å². The van der Waals surface area contributed by atoms with Crippen molar-refractivity contribution in [1.29, 1.82) is 0 Å². The van der Waals surface area contributed by atoms with Gasteiger partial charge in [-0.1, -0.05) is 0 Å². The second kappa shape index (κ2) is 3.54. The third-order valence-electron chi connectivity index (χ3n) is 4.24. The van der Waals surface area contributed by atoms with Gasteiger partial charge in [0.1, 0.15) is 0 Å². The average Bonchev–Trinajstić information content (AvgIpc) is 2.76. The summed E-state index contributed by atoms with van der Waals surface area (Å²) >= 11 is 14.3. The zero-order valence-corrected chi connectivity index (χ0v) is 13.6. The first-order chi connectivity index (χ1) is 9.46. The number of benzene rings is 2. The van der Waals surface area contributed by atoms with Gasteiger partial charge in [-0.3, -0.25) is 0 Å². The van der Waals surface area contributed by atoms with E-state index in [-0.39, 0.29) is 0 Å². The number of nitrogens with zero attached hydrogens (tertiary/aromatic N) is 3. The van der Waals surface area contributed by atoms with Crippen molar-refractivity contribution in [3.05, 3.63) is 48.5 Å². The van der Waals surface area contributed by atoms with Gasteiger partial charge in [0.25, 0.3) is 0 Å². The monoisotopic (exact) mass is 325 g/mol. The van der Waals surface area contributed by atoms with E-state index in [1.165, 1.54) is 0 Å². The summed E-state index contributed by atoms with van der Waals surface area (Å²) in [5, 5.41) is 0. The fraction of sp³-hybridized carbons (Fsp3) is 0.143. The molecule has 2 aromatic rings. The van der Waals surface area contributed by atoms with E-state index in [0.29, 0.717) is 0 Å². The molecule has 6 heteroatoms. The third kappa shape index (κ3) is 1.14. The number of hydrogen-bond acceptors (Lipinski definition) is 3. The molecule has 0 aromatic heterocycles. The second-order valence-corrected chi connectivity index (χ2v) is 12.5. The van der Waals surface area contributed by atoms with E-state index in [1.54, 1.807) is 0 Å². The van der Waals surface area contributed by atoms with Gasteiger partial charge in [0.15, 0.2) is 0 Å². The Morgan fingerprint density at radius 1 is 0.700 bits per heavy atom. The number of anilines is 4. The summed E-state index contributed by atoms with van der Waals surface area (Å²) in [6, 6.07) is 16.3. The van der Waals surface area contributed by atoms with Crippen LogP contribution in [0.2, 0.25) is 0 Å². The van der Waals surface area contributed by atoms with Gasteiger partial charge < -0.3 is 0 Å². The van der Waals surface area contributed by atoms with Crippen LogP contribution in [0.25, 0.3) is 0 Å². The molecule has 20 heavy (non-hydrogen) atoms. The molecule has 0 amide bonds. The number of fused-ring (bicyclic) bond motifs is 5. The van der Waals surface area contributed by atoms with Crippen molar-refractivity contribution in [3.63, 3.8) is 0 Å². The van der Waals surface area contributed by atoms with Crippen molar-refractivity contribution < 1.29 is 0 Å². The van der Waals surface area contributed by atoms with Crippen LogP contribution in [0.15, 0.2) is 48.5 Å². The molecule has 0 saturated heterocycles. The van der Waals surface area contributed by atoms with Gasteiger partial charge in [0.05, 0.1) is 0 Å². The minimum absolute atomic E-state index is 1.06. The molecule has 0 N–H and O–H groups in total. The first-order valence-electron chi connectivity index (χ1n) is 6.38. The SMILES string of the molecule is CN1c2ccccc2N2c3ccccc3N(C)P12(Cl)Cl. The molecular weight excluding hydrogens is 312 g/mol. The molecule has 0 radical (unpaired) electrons. The second-order valence-electron chi connectivity index (χ2n) is 5.12. The van der Waals surface area contributed by atoms with Crippen LogP contribution in [0, 0.1) is 0 Å². The zero-order chi connectivity index (χ0) is 14.1. The Kier molecular flexibility index (Phi) is 2.23. The molecule has 0 unspecified atom stereocenters. The molecule has 3 nitrogen and oxygen atoms in total. The van der Waals surface area contributed by atoms with Gasteiger partial charge in [0, 0.05) is 0 Å². The average molecular weight is 326 g/mol. The van der Waals surface area contributed by atoms with Crippen LogP contribution in [0.3, 0.4) is 0 Å².